The minimum atomic E-state index is -0.300. The highest BCUT2D eigenvalue weighted by molar-refractivity contribution is 6.28. The molecule has 2 aromatic rings. The second-order valence-corrected chi connectivity index (χ2v) is 3.75. The molecule has 4 nitrogen and oxygen atoms in total. The number of nitrogens with zero attached hydrogens (tertiary/aromatic N) is 2. The fourth-order valence-corrected chi connectivity index (χ4v) is 1.35. The second kappa shape index (κ2) is 4.55. The molecule has 88 valence electrons. The van der Waals surface area contributed by atoms with Crippen LogP contribution in [0.25, 0.3) is 0 Å². The van der Waals surface area contributed by atoms with Gasteiger partial charge in [0.1, 0.15) is 17.3 Å². The minimum Gasteiger partial charge on any atom is -0.437 e. The lowest BCUT2D eigenvalue weighted by Gasteiger charge is -2.07. The highest BCUT2D eigenvalue weighted by Crippen LogP contribution is 2.26. The summed E-state index contributed by atoms with van der Waals surface area (Å²) in [5, 5.41) is 0.0352. The summed E-state index contributed by atoms with van der Waals surface area (Å²) in [4.78, 5) is 7.54. The van der Waals surface area contributed by atoms with Gasteiger partial charge in [-0.05, 0) is 42.3 Å². The monoisotopic (exact) mass is 253 g/mol. The first-order valence-electron chi connectivity index (χ1n) is 4.78. The largest absolute Gasteiger partial charge is 0.437 e. The normalized spacial score (nSPS) is 10.3. The molecule has 0 aliphatic heterocycles. The Kier molecular flexibility index (Phi) is 3.10. The number of halogens is 2. The van der Waals surface area contributed by atoms with Crippen molar-refractivity contribution in [3.63, 3.8) is 0 Å². The summed E-state index contributed by atoms with van der Waals surface area (Å²) in [7, 11) is 0. The average molecular weight is 254 g/mol. The van der Waals surface area contributed by atoms with Crippen molar-refractivity contribution in [1.29, 1.82) is 0 Å². The van der Waals surface area contributed by atoms with Crippen LogP contribution in [0, 0.1) is 12.7 Å². The van der Waals surface area contributed by atoms with Gasteiger partial charge >= 0.3 is 0 Å². The maximum Gasteiger partial charge on any atom is 0.247 e. The van der Waals surface area contributed by atoms with E-state index < -0.39 is 0 Å². The van der Waals surface area contributed by atoms with Gasteiger partial charge in [0.05, 0.1) is 6.20 Å². The van der Waals surface area contributed by atoms with Gasteiger partial charge in [0.25, 0.3) is 0 Å². The highest BCUT2D eigenvalue weighted by atomic mass is 35.5. The molecule has 0 unspecified atom stereocenters. The van der Waals surface area contributed by atoms with Crippen molar-refractivity contribution >= 4 is 17.3 Å². The van der Waals surface area contributed by atoms with Gasteiger partial charge in [0.2, 0.25) is 11.2 Å². The number of benzene rings is 1. The molecule has 0 atom stereocenters. The Morgan fingerprint density at radius 3 is 2.88 bits per heavy atom. The molecule has 1 aromatic carbocycles. The zero-order chi connectivity index (χ0) is 12.4. The van der Waals surface area contributed by atoms with E-state index in [2.05, 4.69) is 9.97 Å². The van der Waals surface area contributed by atoms with E-state index >= 15 is 0 Å². The molecule has 0 amide bonds. The zero-order valence-electron chi connectivity index (χ0n) is 8.95. The Morgan fingerprint density at radius 1 is 1.41 bits per heavy atom. The third-order valence-corrected chi connectivity index (χ3v) is 2.28. The van der Waals surface area contributed by atoms with E-state index in [9.17, 15) is 4.39 Å². The number of aryl methyl sites for hydroxylation is 1. The second-order valence-electron chi connectivity index (χ2n) is 3.41. The summed E-state index contributed by atoms with van der Waals surface area (Å²) >= 11 is 5.62. The van der Waals surface area contributed by atoms with E-state index in [0.717, 1.165) is 0 Å². The van der Waals surface area contributed by atoms with Gasteiger partial charge in [0, 0.05) is 0 Å². The molecule has 2 N–H and O–H groups in total. The summed E-state index contributed by atoms with van der Waals surface area (Å²) in [6.45, 7) is 1.64. The smallest absolute Gasteiger partial charge is 0.247 e. The Morgan fingerprint density at radius 2 is 2.18 bits per heavy atom. The van der Waals surface area contributed by atoms with Crippen LogP contribution in [0.15, 0.2) is 24.4 Å². The summed E-state index contributed by atoms with van der Waals surface area (Å²) in [5.41, 5.74) is 6.36. The topological polar surface area (TPSA) is 61.0 Å². The van der Waals surface area contributed by atoms with Gasteiger partial charge in [-0.15, -0.1) is 0 Å². The van der Waals surface area contributed by atoms with Crippen LogP contribution in [0.3, 0.4) is 0 Å². The predicted molar refractivity (Wildman–Crippen MR) is 62.7 cm³/mol. The fourth-order valence-electron chi connectivity index (χ4n) is 1.23. The third kappa shape index (κ3) is 2.62. The van der Waals surface area contributed by atoms with Gasteiger partial charge in [-0.2, -0.15) is 4.98 Å². The first kappa shape index (κ1) is 11.6. The average Bonchev–Trinajstić information content (AvgIpc) is 2.29. The van der Waals surface area contributed by atoms with Gasteiger partial charge < -0.3 is 10.5 Å². The molecule has 2 rings (SSSR count). The SMILES string of the molecule is Cc1cc(Oc2nc(Cl)ncc2N)ccc1F. The van der Waals surface area contributed by atoms with Crippen LogP contribution in [0.1, 0.15) is 5.56 Å². The molecule has 0 radical (unpaired) electrons. The van der Waals surface area contributed by atoms with Crippen LogP contribution in [0.2, 0.25) is 5.28 Å². The van der Waals surface area contributed by atoms with Crippen molar-refractivity contribution in [1.82, 2.24) is 9.97 Å². The highest BCUT2D eigenvalue weighted by Gasteiger charge is 2.07. The summed E-state index contributed by atoms with van der Waals surface area (Å²) in [6, 6.07) is 4.34. The molecule has 0 aliphatic rings. The van der Waals surface area contributed by atoms with Crippen LogP contribution in [0.5, 0.6) is 11.6 Å². The number of rotatable bonds is 2. The molecule has 0 saturated carbocycles. The van der Waals surface area contributed by atoms with Crippen molar-refractivity contribution in [3.05, 3.63) is 41.1 Å². The maximum absolute atomic E-state index is 13.1. The number of nitrogen functional groups attached to an aromatic ring is 1. The molecular formula is C11H9ClFN3O. The lowest BCUT2D eigenvalue weighted by atomic mass is 10.2. The van der Waals surface area contributed by atoms with Gasteiger partial charge in [-0.1, -0.05) is 0 Å². The number of aromatic nitrogens is 2. The Bertz CT molecular complexity index is 562. The van der Waals surface area contributed by atoms with Crippen molar-refractivity contribution in [2.45, 2.75) is 6.92 Å². The zero-order valence-corrected chi connectivity index (χ0v) is 9.70. The molecule has 0 aliphatic carbocycles. The van der Waals surface area contributed by atoms with E-state index in [4.69, 9.17) is 22.1 Å². The van der Waals surface area contributed by atoms with E-state index in [1.807, 2.05) is 0 Å². The first-order chi connectivity index (χ1) is 8.06. The molecule has 0 fully saturated rings. The van der Waals surface area contributed by atoms with Crippen LogP contribution in [0.4, 0.5) is 10.1 Å². The van der Waals surface area contributed by atoms with Crippen molar-refractivity contribution in [2.24, 2.45) is 0 Å². The van der Waals surface area contributed by atoms with E-state index in [0.29, 0.717) is 11.3 Å². The Hall–Kier alpha value is -1.88. The molecule has 6 heteroatoms. The molecule has 0 saturated heterocycles. The molecular weight excluding hydrogens is 245 g/mol. The van der Waals surface area contributed by atoms with Gasteiger partial charge in [-0.25, -0.2) is 9.37 Å². The Labute approximate surface area is 102 Å². The van der Waals surface area contributed by atoms with E-state index in [-0.39, 0.29) is 22.7 Å². The summed E-state index contributed by atoms with van der Waals surface area (Å²) < 4.78 is 18.5. The molecule has 1 aromatic heterocycles. The quantitative estimate of drug-likeness (QED) is 0.836. The molecule has 1 heterocycles. The Balaban J connectivity index is 2.31. The lowest BCUT2D eigenvalue weighted by Crippen LogP contribution is -1.97. The molecule has 17 heavy (non-hydrogen) atoms. The van der Waals surface area contributed by atoms with Gasteiger partial charge in [0.15, 0.2) is 0 Å². The number of hydrogen-bond donors (Lipinski definition) is 1. The number of nitrogens with two attached hydrogens (primary N) is 1. The third-order valence-electron chi connectivity index (χ3n) is 2.09. The summed E-state index contributed by atoms with van der Waals surface area (Å²) in [6.07, 6.45) is 1.35. The fraction of sp³-hybridized carbons (Fsp3) is 0.0909. The van der Waals surface area contributed by atoms with Crippen molar-refractivity contribution in [2.75, 3.05) is 5.73 Å². The van der Waals surface area contributed by atoms with E-state index in [1.54, 1.807) is 13.0 Å². The van der Waals surface area contributed by atoms with Crippen LogP contribution >= 0.6 is 11.6 Å². The predicted octanol–water partition coefficient (Wildman–Crippen LogP) is 2.95. The molecule has 0 bridgehead atoms. The van der Waals surface area contributed by atoms with Crippen LogP contribution in [-0.4, -0.2) is 9.97 Å². The minimum absolute atomic E-state index is 0.0352. The molecule has 0 spiro atoms. The van der Waals surface area contributed by atoms with Crippen LogP contribution < -0.4 is 10.5 Å². The standard InChI is InChI=1S/C11H9ClFN3O/c1-6-4-7(2-3-8(6)13)17-10-9(14)5-15-11(12)16-10/h2-5H,14H2,1H3. The number of ether oxygens (including phenoxy) is 1. The number of hydrogen-bond acceptors (Lipinski definition) is 4. The first-order valence-corrected chi connectivity index (χ1v) is 5.16. The van der Waals surface area contributed by atoms with Crippen LogP contribution in [-0.2, 0) is 0 Å². The van der Waals surface area contributed by atoms with Gasteiger partial charge in [-0.3, -0.25) is 0 Å². The van der Waals surface area contributed by atoms with Crippen molar-refractivity contribution < 1.29 is 9.13 Å². The van der Waals surface area contributed by atoms with E-state index in [1.165, 1.54) is 18.3 Å². The van der Waals surface area contributed by atoms with Crippen molar-refractivity contribution in [3.8, 4) is 11.6 Å². The lowest BCUT2D eigenvalue weighted by molar-refractivity contribution is 0.462. The maximum atomic E-state index is 13.1. The number of anilines is 1. The summed E-state index contributed by atoms with van der Waals surface area (Å²) in [5.74, 6) is 0.285.